The normalized spacial score (nSPS) is 36.9. The molecule has 0 bridgehead atoms. The zero-order valence-corrected chi connectivity index (χ0v) is 10.5. The molecule has 0 amide bonds. The van der Waals surface area contributed by atoms with Crippen LogP contribution in [0.3, 0.4) is 0 Å². The summed E-state index contributed by atoms with van der Waals surface area (Å²) >= 11 is 0. The zero-order valence-electron chi connectivity index (χ0n) is 10.5. The number of quaternary nitrogens is 1. The fourth-order valence-electron chi connectivity index (χ4n) is 4.17. The Balaban J connectivity index is 1.97. The number of hydroxylamine groups is 2. The van der Waals surface area contributed by atoms with Gasteiger partial charge in [0, 0.05) is 17.7 Å². The van der Waals surface area contributed by atoms with E-state index in [1.165, 1.54) is 24.8 Å². The SMILES string of the molecule is [O-][N+]12CCN=Cc3cccc(c31)[C@H]1CCC[C@H]1C2. The van der Waals surface area contributed by atoms with Gasteiger partial charge in [-0.15, -0.1) is 0 Å². The zero-order chi connectivity index (χ0) is 12.2. The Labute approximate surface area is 107 Å². The highest BCUT2D eigenvalue weighted by Crippen LogP contribution is 2.51. The average molecular weight is 242 g/mol. The molecular weight excluding hydrogens is 224 g/mol. The summed E-state index contributed by atoms with van der Waals surface area (Å²) in [5.74, 6) is 1.23. The van der Waals surface area contributed by atoms with E-state index in [-0.39, 0.29) is 4.65 Å². The van der Waals surface area contributed by atoms with Crippen molar-refractivity contribution >= 4 is 11.9 Å². The number of nitrogens with zero attached hydrogens (tertiary/aromatic N) is 2. The van der Waals surface area contributed by atoms with Crippen LogP contribution in [0.25, 0.3) is 0 Å². The molecule has 2 aliphatic heterocycles. The van der Waals surface area contributed by atoms with Crippen molar-refractivity contribution in [2.24, 2.45) is 10.9 Å². The first-order valence-electron chi connectivity index (χ1n) is 6.99. The number of hydrogen-bond donors (Lipinski definition) is 0. The Morgan fingerprint density at radius 3 is 3.17 bits per heavy atom. The van der Waals surface area contributed by atoms with Crippen LogP contribution in [0.1, 0.15) is 36.3 Å². The molecule has 94 valence electrons. The predicted octanol–water partition coefficient (Wildman–Crippen LogP) is 2.82. The molecule has 18 heavy (non-hydrogen) atoms. The van der Waals surface area contributed by atoms with Crippen molar-refractivity contribution in [3.05, 3.63) is 34.5 Å². The lowest BCUT2D eigenvalue weighted by atomic mass is 9.82. The van der Waals surface area contributed by atoms with Gasteiger partial charge in [0.25, 0.3) is 0 Å². The molecule has 4 rings (SSSR count). The number of aliphatic imine (C=N–C) groups is 1. The van der Waals surface area contributed by atoms with Gasteiger partial charge in [0.05, 0.1) is 18.7 Å². The number of benzene rings is 1. The molecule has 1 aromatic carbocycles. The maximum atomic E-state index is 13.2. The van der Waals surface area contributed by atoms with Crippen LogP contribution in [0.4, 0.5) is 5.69 Å². The summed E-state index contributed by atoms with van der Waals surface area (Å²) in [6.45, 7) is 2.05. The minimum atomic E-state index is -0.132. The predicted molar refractivity (Wildman–Crippen MR) is 73.9 cm³/mol. The third kappa shape index (κ3) is 1.35. The van der Waals surface area contributed by atoms with E-state index in [2.05, 4.69) is 17.1 Å². The summed E-state index contributed by atoms with van der Waals surface area (Å²) in [5, 5.41) is 13.2. The Morgan fingerprint density at radius 1 is 1.28 bits per heavy atom. The standard InChI is InChI=1S/C15H18N2O/c18-17-8-7-16-9-11-3-1-6-14(15(11)17)13-5-2-4-12(13)10-17/h1,3,6,9,12-13H,2,4-5,7-8,10H2/t12-,13-,17?/m0/s1. The Hall–Kier alpha value is -1.19. The number of rotatable bonds is 0. The number of para-hydroxylation sites is 1. The van der Waals surface area contributed by atoms with Gasteiger partial charge in [-0.3, -0.25) is 4.99 Å². The highest BCUT2D eigenvalue weighted by atomic mass is 16.5. The maximum Gasteiger partial charge on any atom is 0.145 e. The summed E-state index contributed by atoms with van der Waals surface area (Å²) in [6.07, 6.45) is 5.69. The lowest BCUT2D eigenvalue weighted by Gasteiger charge is -2.49. The molecule has 1 aliphatic carbocycles. The van der Waals surface area contributed by atoms with Gasteiger partial charge >= 0.3 is 0 Å². The summed E-state index contributed by atoms with van der Waals surface area (Å²) in [7, 11) is 0. The van der Waals surface area contributed by atoms with Gasteiger partial charge in [0.1, 0.15) is 12.2 Å². The lowest BCUT2D eigenvalue weighted by molar-refractivity contribution is 0.273. The third-order valence-corrected chi connectivity index (χ3v) is 4.91. The number of fused-ring (bicyclic) bond motifs is 2. The molecule has 1 aromatic rings. The molecule has 0 radical (unpaired) electrons. The van der Waals surface area contributed by atoms with Crippen LogP contribution >= 0.6 is 0 Å². The first kappa shape index (κ1) is 10.7. The second-order valence-electron chi connectivity index (χ2n) is 5.91. The fourth-order valence-corrected chi connectivity index (χ4v) is 4.17. The molecular formula is C15H18N2O. The summed E-state index contributed by atoms with van der Waals surface area (Å²) in [6, 6.07) is 6.33. The molecule has 2 heterocycles. The second kappa shape index (κ2) is 3.65. The Bertz CT molecular complexity index is 525. The summed E-state index contributed by atoms with van der Waals surface area (Å²) < 4.78 is -0.132. The van der Waals surface area contributed by atoms with Crippen LogP contribution in [-0.2, 0) is 0 Å². The van der Waals surface area contributed by atoms with Crippen LogP contribution in [0, 0.1) is 11.1 Å². The van der Waals surface area contributed by atoms with E-state index in [9.17, 15) is 5.21 Å². The van der Waals surface area contributed by atoms with Gasteiger partial charge in [-0.05, 0) is 24.8 Å². The average Bonchev–Trinajstić information content (AvgIpc) is 2.75. The van der Waals surface area contributed by atoms with Gasteiger partial charge in [-0.25, -0.2) is 0 Å². The van der Waals surface area contributed by atoms with E-state index in [1.54, 1.807) is 0 Å². The van der Waals surface area contributed by atoms with Crippen molar-refractivity contribution in [3.8, 4) is 0 Å². The van der Waals surface area contributed by atoms with Gasteiger partial charge in [0.2, 0.25) is 0 Å². The van der Waals surface area contributed by atoms with Crippen LogP contribution in [0.5, 0.6) is 0 Å². The molecule has 0 saturated heterocycles. The second-order valence-corrected chi connectivity index (χ2v) is 5.91. The molecule has 0 N–H and O–H groups in total. The topological polar surface area (TPSA) is 35.4 Å². The van der Waals surface area contributed by atoms with Gasteiger partial charge in [-0.2, -0.15) is 0 Å². The molecule has 3 atom stereocenters. The van der Waals surface area contributed by atoms with Gasteiger partial charge in [-0.1, -0.05) is 18.6 Å². The Kier molecular flexibility index (Phi) is 2.17. The quantitative estimate of drug-likeness (QED) is 0.509. The molecule has 0 aromatic heterocycles. The van der Waals surface area contributed by atoms with Crippen molar-refractivity contribution in [1.82, 2.24) is 4.65 Å². The monoisotopic (exact) mass is 242 g/mol. The molecule has 0 spiro atoms. The van der Waals surface area contributed by atoms with Gasteiger partial charge in [0.15, 0.2) is 0 Å². The van der Waals surface area contributed by atoms with Gasteiger partial charge < -0.3 is 9.85 Å². The highest BCUT2D eigenvalue weighted by molar-refractivity contribution is 5.89. The van der Waals surface area contributed by atoms with Crippen LogP contribution in [0.2, 0.25) is 0 Å². The largest absolute Gasteiger partial charge is 0.627 e. The molecule has 1 fully saturated rings. The first-order valence-corrected chi connectivity index (χ1v) is 6.99. The van der Waals surface area contributed by atoms with Crippen LogP contribution in [0.15, 0.2) is 23.2 Å². The molecule has 3 heteroatoms. The van der Waals surface area contributed by atoms with E-state index in [4.69, 9.17) is 0 Å². The minimum absolute atomic E-state index is 0.132. The summed E-state index contributed by atoms with van der Waals surface area (Å²) in [4.78, 5) is 4.38. The van der Waals surface area contributed by atoms with Crippen LogP contribution < -0.4 is 4.65 Å². The van der Waals surface area contributed by atoms with E-state index >= 15 is 0 Å². The van der Waals surface area contributed by atoms with Crippen molar-refractivity contribution < 1.29 is 0 Å². The first-order chi connectivity index (χ1) is 8.78. The minimum Gasteiger partial charge on any atom is -0.627 e. The third-order valence-electron chi connectivity index (χ3n) is 4.91. The van der Waals surface area contributed by atoms with Crippen LogP contribution in [-0.4, -0.2) is 25.8 Å². The molecule has 3 nitrogen and oxygen atoms in total. The molecule has 1 saturated carbocycles. The smallest absolute Gasteiger partial charge is 0.145 e. The lowest BCUT2D eigenvalue weighted by Crippen LogP contribution is -2.52. The number of hydrogen-bond acceptors (Lipinski definition) is 2. The van der Waals surface area contributed by atoms with E-state index in [0.29, 0.717) is 24.9 Å². The Morgan fingerprint density at radius 2 is 2.22 bits per heavy atom. The molecule has 3 aliphatic rings. The van der Waals surface area contributed by atoms with Crippen molar-refractivity contribution in [3.63, 3.8) is 0 Å². The highest BCUT2D eigenvalue weighted by Gasteiger charge is 2.44. The van der Waals surface area contributed by atoms with Crippen molar-refractivity contribution in [2.45, 2.75) is 25.2 Å². The maximum absolute atomic E-state index is 13.2. The summed E-state index contributed by atoms with van der Waals surface area (Å²) in [5.41, 5.74) is 3.41. The van der Waals surface area contributed by atoms with Crippen molar-refractivity contribution in [2.75, 3.05) is 19.6 Å². The molecule has 1 unspecified atom stereocenters. The fraction of sp³-hybridized carbons (Fsp3) is 0.533. The van der Waals surface area contributed by atoms with E-state index in [1.807, 2.05) is 12.3 Å². The van der Waals surface area contributed by atoms with Crippen molar-refractivity contribution in [1.29, 1.82) is 0 Å². The van der Waals surface area contributed by atoms with E-state index in [0.717, 1.165) is 17.8 Å². The van der Waals surface area contributed by atoms with E-state index < -0.39 is 0 Å².